The Morgan fingerprint density at radius 2 is 0.900 bits per heavy atom. The minimum atomic E-state index is 0.420. The van der Waals surface area contributed by atoms with E-state index in [1.54, 1.807) is 0 Å². The van der Waals surface area contributed by atoms with Gasteiger partial charge in [-0.2, -0.15) is 0 Å². The van der Waals surface area contributed by atoms with Crippen LogP contribution in [0.5, 0.6) is 0 Å². The van der Waals surface area contributed by atoms with E-state index in [1.165, 1.54) is 21.9 Å². The van der Waals surface area contributed by atoms with Crippen LogP contribution in [0, 0.1) is 0 Å². The molecule has 2 aromatic rings. The summed E-state index contributed by atoms with van der Waals surface area (Å²) >= 11 is 0. The third-order valence-electron chi connectivity index (χ3n) is 4.20. The van der Waals surface area contributed by atoms with Crippen molar-refractivity contribution in [1.29, 1.82) is 0 Å². The molecular formula is C20H16. The van der Waals surface area contributed by atoms with E-state index in [9.17, 15) is 0 Å². The van der Waals surface area contributed by atoms with E-state index in [2.05, 4.69) is 85.0 Å². The molecule has 0 heteroatoms. The van der Waals surface area contributed by atoms with Crippen molar-refractivity contribution in [3.8, 4) is 0 Å². The molecule has 0 saturated heterocycles. The molecule has 0 aliphatic heterocycles. The predicted molar refractivity (Wildman–Crippen MR) is 86.0 cm³/mol. The zero-order valence-electron chi connectivity index (χ0n) is 11.2. The molecule has 0 N–H and O–H groups in total. The lowest BCUT2D eigenvalue weighted by molar-refractivity contribution is 1.11. The van der Waals surface area contributed by atoms with Crippen LogP contribution >= 0.6 is 0 Å². The Balaban J connectivity index is 1.93. The largest absolute Gasteiger partial charge is 0.0732 e. The van der Waals surface area contributed by atoms with Crippen LogP contribution in [0.15, 0.2) is 85.0 Å². The zero-order valence-corrected chi connectivity index (χ0v) is 11.2. The van der Waals surface area contributed by atoms with Crippen molar-refractivity contribution < 1.29 is 0 Å². The molecule has 0 radical (unpaired) electrons. The van der Waals surface area contributed by atoms with Gasteiger partial charge in [-0.3, -0.25) is 0 Å². The first-order chi connectivity index (χ1) is 9.93. The quantitative estimate of drug-likeness (QED) is 0.687. The second-order valence-electron chi connectivity index (χ2n) is 5.38. The van der Waals surface area contributed by atoms with Crippen molar-refractivity contribution in [3.05, 3.63) is 96.1 Å². The average molecular weight is 256 g/mol. The molecule has 0 heterocycles. The second-order valence-corrected chi connectivity index (χ2v) is 5.38. The lowest BCUT2D eigenvalue weighted by Crippen LogP contribution is -1.95. The molecule has 2 aliphatic carbocycles. The first-order valence-corrected chi connectivity index (χ1v) is 7.15. The molecule has 0 aromatic heterocycles. The van der Waals surface area contributed by atoms with Crippen LogP contribution in [0.25, 0.3) is 10.8 Å². The molecule has 96 valence electrons. The Morgan fingerprint density at radius 3 is 1.30 bits per heavy atom. The summed E-state index contributed by atoms with van der Waals surface area (Å²) in [7, 11) is 0. The molecule has 0 bridgehead atoms. The third kappa shape index (κ3) is 1.77. The minimum Gasteiger partial charge on any atom is -0.0732 e. The Labute approximate surface area is 119 Å². The summed E-state index contributed by atoms with van der Waals surface area (Å²) in [6.07, 6.45) is 17.6. The Kier molecular flexibility index (Phi) is 2.67. The van der Waals surface area contributed by atoms with E-state index >= 15 is 0 Å². The fraction of sp³-hybridized carbons (Fsp3) is 0.100. The van der Waals surface area contributed by atoms with Crippen molar-refractivity contribution in [3.63, 3.8) is 0 Å². The van der Waals surface area contributed by atoms with Gasteiger partial charge in [-0.25, -0.2) is 0 Å². The normalized spacial score (nSPS) is 17.8. The topological polar surface area (TPSA) is 0 Å². The first kappa shape index (κ1) is 11.5. The van der Waals surface area contributed by atoms with Crippen LogP contribution in [0.1, 0.15) is 23.0 Å². The summed E-state index contributed by atoms with van der Waals surface area (Å²) in [5.41, 5.74) is 2.81. The monoisotopic (exact) mass is 256 g/mol. The van der Waals surface area contributed by atoms with Crippen molar-refractivity contribution in [2.45, 2.75) is 11.8 Å². The maximum atomic E-state index is 2.26. The molecule has 0 saturated carbocycles. The van der Waals surface area contributed by atoms with Gasteiger partial charge in [0.1, 0.15) is 0 Å². The molecule has 0 amide bonds. The lowest BCUT2D eigenvalue weighted by Gasteiger charge is -2.15. The van der Waals surface area contributed by atoms with Gasteiger partial charge < -0.3 is 0 Å². The fourth-order valence-electron chi connectivity index (χ4n) is 3.22. The average Bonchev–Trinajstić information content (AvgIpc) is 3.19. The number of allylic oxidation sites excluding steroid dienone is 8. The predicted octanol–water partition coefficient (Wildman–Crippen LogP) is 5.26. The van der Waals surface area contributed by atoms with E-state index in [0.717, 1.165) is 0 Å². The maximum absolute atomic E-state index is 2.26. The molecule has 4 rings (SSSR count). The standard InChI is InChI=1S/C20H16/c1-2-8-15(7-1)17-11-5-14-20-18(12-6-13-19(17)20)16-9-3-4-10-16/h1-16H. The SMILES string of the molecule is C1=CC(c2cccc3c(C4C=CC=C4)cccc23)C=C1. The molecular weight excluding hydrogens is 240 g/mol. The highest BCUT2D eigenvalue weighted by Crippen LogP contribution is 2.35. The van der Waals surface area contributed by atoms with Crippen LogP contribution < -0.4 is 0 Å². The van der Waals surface area contributed by atoms with Crippen molar-refractivity contribution in [2.75, 3.05) is 0 Å². The fourth-order valence-corrected chi connectivity index (χ4v) is 3.22. The number of fused-ring (bicyclic) bond motifs is 1. The molecule has 0 atom stereocenters. The summed E-state index contributed by atoms with van der Waals surface area (Å²) < 4.78 is 0. The number of benzene rings is 2. The maximum Gasteiger partial charge on any atom is 0.0211 e. The van der Waals surface area contributed by atoms with Gasteiger partial charge in [0.25, 0.3) is 0 Å². The number of hydrogen-bond acceptors (Lipinski definition) is 0. The summed E-state index contributed by atoms with van der Waals surface area (Å²) in [4.78, 5) is 0. The van der Waals surface area contributed by atoms with Gasteiger partial charge in [-0.05, 0) is 21.9 Å². The van der Waals surface area contributed by atoms with E-state index in [0.29, 0.717) is 11.8 Å². The van der Waals surface area contributed by atoms with Crippen LogP contribution in [-0.2, 0) is 0 Å². The Bertz CT molecular complexity index is 680. The van der Waals surface area contributed by atoms with E-state index in [-0.39, 0.29) is 0 Å². The summed E-state index contributed by atoms with van der Waals surface area (Å²) in [5, 5.41) is 2.75. The second kappa shape index (κ2) is 4.64. The van der Waals surface area contributed by atoms with Crippen LogP contribution in [0.3, 0.4) is 0 Å². The summed E-state index contributed by atoms with van der Waals surface area (Å²) in [5.74, 6) is 0.840. The van der Waals surface area contributed by atoms with E-state index in [4.69, 9.17) is 0 Å². The van der Waals surface area contributed by atoms with E-state index in [1.807, 2.05) is 0 Å². The molecule has 0 fully saturated rings. The molecule has 0 unspecified atom stereocenters. The van der Waals surface area contributed by atoms with Gasteiger partial charge in [-0.15, -0.1) is 0 Å². The smallest absolute Gasteiger partial charge is 0.0211 e. The van der Waals surface area contributed by atoms with Gasteiger partial charge in [-0.1, -0.05) is 85.0 Å². The summed E-state index contributed by atoms with van der Waals surface area (Å²) in [6, 6.07) is 13.4. The van der Waals surface area contributed by atoms with Gasteiger partial charge in [0.2, 0.25) is 0 Å². The van der Waals surface area contributed by atoms with E-state index < -0.39 is 0 Å². The third-order valence-corrected chi connectivity index (χ3v) is 4.20. The van der Waals surface area contributed by atoms with Gasteiger partial charge in [0.15, 0.2) is 0 Å². The highest BCUT2D eigenvalue weighted by Gasteiger charge is 2.15. The number of rotatable bonds is 2. The Morgan fingerprint density at radius 1 is 0.500 bits per heavy atom. The Hall–Kier alpha value is -2.34. The first-order valence-electron chi connectivity index (χ1n) is 7.15. The highest BCUT2D eigenvalue weighted by molar-refractivity contribution is 5.90. The van der Waals surface area contributed by atoms with Crippen molar-refractivity contribution >= 4 is 10.8 Å². The van der Waals surface area contributed by atoms with Gasteiger partial charge in [0.05, 0.1) is 0 Å². The van der Waals surface area contributed by atoms with Gasteiger partial charge in [0, 0.05) is 11.8 Å². The molecule has 2 aromatic carbocycles. The van der Waals surface area contributed by atoms with Crippen LogP contribution in [0.2, 0.25) is 0 Å². The molecule has 0 spiro atoms. The minimum absolute atomic E-state index is 0.420. The zero-order chi connectivity index (χ0) is 13.4. The van der Waals surface area contributed by atoms with Crippen LogP contribution in [-0.4, -0.2) is 0 Å². The van der Waals surface area contributed by atoms with Crippen molar-refractivity contribution in [2.24, 2.45) is 0 Å². The summed E-state index contributed by atoms with van der Waals surface area (Å²) in [6.45, 7) is 0. The van der Waals surface area contributed by atoms with Crippen LogP contribution in [0.4, 0.5) is 0 Å². The molecule has 2 aliphatic rings. The van der Waals surface area contributed by atoms with Gasteiger partial charge >= 0.3 is 0 Å². The number of hydrogen-bond donors (Lipinski definition) is 0. The van der Waals surface area contributed by atoms with Crippen molar-refractivity contribution in [1.82, 2.24) is 0 Å². The lowest BCUT2D eigenvalue weighted by atomic mass is 9.89. The molecule has 20 heavy (non-hydrogen) atoms. The molecule has 0 nitrogen and oxygen atoms in total. The highest BCUT2D eigenvalue weighted by atomic mass is 14.2.